The van der Waals surface area contributed by atoms with Gasteiger partial charge in [-0.3, -0.25) is 0 Å². The smallest absolute Gasteiger partial charge is 0.164 e. The molecular weight excluding hydrogens is 311 g/mol. The van der Waals surface area contributed by atoms with E-state index >= 15 is 0 Å². The summed E-state index contributed by atoms with van der Waals surface area (Å²) < 4.78 is 14.1. The highest BCUT2D eigenvalue weighted by Gasteiger charge is 2.13. The van der Waals surface area contributed by atoms with Crippen molar-refractivity contribution >= 4 is 21.4 Å². The van der Waals surface area contributed by atoms with Crippen molar-refractivity contribution in [3.8, 4) is 27.8 Å². The second-order valence-corrected chi connectivity index (χ2v) is 6.10. The summed E-state index contributed by atoms with van der Waals surface area (Å²) in [6.07, 6.45) is 0. The molecule has 1 N–H and O–H groups in total. The van der Waals surface area contributed by atoms with E-state index in [4.69, 9.17) is 5.26 Å². The van der Waals surface area contributed by atoms with E-state index in [1.165, 1.54) is 12.1 Å². The van der Waals surface area contributed by atoms with Gasteiger partial charge in [-0.15, -0.1) is 16.4 Å². The average Bonchev–Trinajstić information content (AvgIpc) is 3.20. The summed E-state index contributed by atoms with van der Waals surface area (Å²) in [6.45, 7) is 0. The van der Waals surface area contributed by atoms with Crippen molar-refractivity contribution in [3.63, 3.8) is 0 Å². The zero-order chi connectivity index (χ0) is 15.8. The number of aromatic nitrogens is 3. The highest BCUT2D eigenvalue weighted by molar-refractivity contribution is 7.22. The van der Waals surface area contributed by atoms with E-state index in [2.05, 4.69) is 27.5 Å². The third kappa shape index (κ3) is 2.37. The van der Waals surface area contributed by atoms with E-state index in [-0.39, 0.29) is 5.82 Å². The molecule has 23 heavy (non-hydrogen) atoms. The number of H-pyrrole nitrogens is 1. The van der Waals surface area contributed by atoms with Crippen LogP contribution in [0.1, 0.15) is 5.69 Å². The topological polar surface area (TPSA) is 65.4 Å². The zero-order valence-corrected chi connectivity index (χ0v) is 12.6. The normalized spacial score (nSPS) is 10.8. The van der Waals surface area contributed by atoms with E-state index in [1.807, 2.05) is 18.2 Å². The Morgan fingerprint density at radius 3 is 2.61 bits per heavy atom. The monoisotopic (exact) mass is 320 g/mol. The summed E-state index contributed by atoms with van der Waals surface area (Å²) in [5.41, 5.74) is 2.90. The molecule has 0 saturated carbocycles. The molecule has 0 spiro atoms. The van der Waals surface area contributed by atoms with E-state index in [0.717, 1.165) is 26.1 Å². The third-order valence-corrected chi connectivity index (χ3v) is 4.70. The van der Waals surface area contributed by atoms with Gasteiger partial charge in [-0.2, -0.15) is 5.26 Å². The largest absolute Gasteiger partial charge is 0.247 e. The van der Waals surface area contributed by atoms with Gasteiger partial charge in [0.05, 0.1) is 4.88 Å². The Labute approximate surface area is 134 Å². The van der Waals surface area contributed by atoms with E-state index < -0.39 is 0 Å². The number of nitriles is 1. The molecule has 4 rings (SSSR count). The van der Waals surface area contributed by atoms with Gasteiger partial charge in [-0.25, -0.2) is 9.49 Å². The van der Waals surface area contributed by atoms with Gasteiger partial charge in [0, 0.05) is 4.70 Å². The number of fused-ring (bicyclic) bond motifs is 1. The molecule has 0 aliphatic heterocycles. The maximum Gasteiger partial charge on any atom is 0.164 e. The molecule has 0 unspecified atom stereocenters. The molecule has 0 aliphatic carbocycles. The van der Waals surface area contributed by atoms with Crippen LogP contribution in [0.15, 0.2) is 48.5 Å². The molecule has 6 heteroatoms. The number of nitrogens with one attached hydrogen (secondary N) is 1. The van der Waals surface area contributed by atoms with Crippen molar-refractivity contribution in [1.29, 1.82) is 5.26 Å². The first-order valence-corrected chi connectivity index (χ1v) is 7.67. The summed E-state index contributed by atoms with van der Waals surface area (Å²) in [5, 5.41) is 20.4. The Hall–Kier alpha value is -3.04. The Morgan fingerprint density at radius 1 is 1.04 bits per heavy atom. The van der Waals surface area contributed by atoms with Crippen molar-refractivity contribution in [2.24, 2.45) is 0 Å². The lowest BCUT2D eigenvalue weighted by Gasteiger charge is -2.01. The number of halogens is 1. The lowest BCUT2D eigenvalue weighted by atomic mass is 10.0. The predicted octanol–water partition coefficient (Wildman–Crippen LogP) is 4.36. The van der Waals surface area contributed by atoms with Crippen LogP contribution in [0.5, 0.6) is 0 Å². The molecule has 0 amide bonds. The minimum Gasteiger partial charge on any atom is -0.247 e. The fourth-order valence-electron chi connectivity index (χ4n) is 2.45. The lowest BCUT2D eigenvalue weighted by Crippen LogP contribution is -1.78. The Morgan fingerprint density at radius 2 is 1.83 bits per heavy atom. The van der Waals surface area contributed by atoms with Crippen molar-refractivity contribution in [3.05, 3.63) is 60.0 Å². The maximum absolute atomic E-state index is 13.0. The van der Waals surface area contributed by atoms with Crippen LogP contribution in [0.4, 0.5) is 4.39 Å². The van der Waals surface area contributed by atoms with E-state index in [1.54, 1.807) is 23.5 Å². The number of thiophene rings is 1. The van der Waals surface area contributed by atoms with E-state index in [0.29, 0.717) is 11.4 Å². The van der Waals surface area contributed by atoms with Crippen LogP contribution in [0.2, 0.25) is 0 Å². The number of benzene rings is 2. The van der Waals surface area contributed by atoms with Crippen LogP contribution >= 0.6 is 11.3 Å². The van der Waals surface area contributed by atoms with Gasteiger partial charge in [-0.1, -0.05) is 29.5 Å². The lowest BCUT2D eigenvalue weighted by molar-refractivity contribution is 0.628. The van der Waals surface area contributed by atoms with E-state index in [9.17, 15) is 4.39 Å². The SMILES string of the molecule is N#Cc1[nH]nnc1-c1cc2ccc(-c3ccc(F)cc3)cc2s1. The second kappa shape index (κ2) is 5.30. The molecule has 0 bridgehead atoms. The standard InChI is InChI=1S/C17H9FN4S/c18-13-5-3-10(4-6-13)11-1-2-12-8-16(23-15(12)7-11)17-14(9-19)20-22-21-17/h1-8H,(H,20,21,22). The highest BCUT2D eigenvalue weighted by Crippen LogP contribution is 2.35. The molecule has 0 atom stereocenters. The number of hydrogen-bond acceptors (Lipinski definition) is 4. The van der Waals surface area contributed by atoms with Crippen molar-refractivity contribution in [1.82, 2.24) is 15.4 Å². The first-order valence-electron chi connectivity index (χ1n) is 6.85. The molecule has 2 aromatic carbocycles. The molecule has 4 nitrogen and oxygen atoms in total. The summed E-state index contributed by atoms with van der Waals surface area (Å²) in [7, 11) is 0. The number of aromatic amines is 1. The Balaban J connectivity index is 1.81. The van der Waals surface area contributed by atoms with Crippen LogP contribution in [-0.4, -0.2) is 15.4 Å². The first-order chi connectivity index (χ1) is 11.2. The number of nitrogens with zero attached hydrogens (tertiary/aromatic N) is 3. The van der Waals surface area contributed by atoms with Crippen LogP contribution < -0.4 is 0 Å². The number of hydrogen-bond donors (Lipinski definition) is 1. The van der Waals surface area contributed by atoms with Crippen molar-refractivity contribution in [2.45, 2.75) is 0 Å². The molecule has 110 valence electrons. The van der Waals surface area contributed by atoms with Gasteiger partial charge in [0.15, 0.2) is 5.69 Å². The first kappa shape index (κ1) is 13.6. The van der Waals surface area contributed by atoms with Gasteiger partial charge in [0.2, 0.25) is 0 Å². The molecule has 0 aliphatic rings. The average molecular weight is 320 g/mol. The molecule has 2 aromatic heterocycles. The minimum absolute atomic E-state index is 0.247. The van der Waals surface area contributed by atoms with Gasteiger partial charge < -0.3 is 0 Å². The Kier molecular flexibility index (Phi) is 3.14. The molecule has 0 saturated heterocycles. The van der Waals surface area contributed by atoms with Gasteiger partial charge >= 0.3 is 0 Å². The molecule has 4 aromatic rings. The van der Waals surface area contributed by atoms with Gasteiger partial charge in [-0.05, 0) is 40.8 Å². The molecular formula is C17H9FN4S. The molecule has 2 heterocycles. The second-order valence-electron chi connectivity index (χ2n) is 5.02. The van der Waals surface area contributed by atoms with Crippen LogP contribution in [0.25, 0.3) is 31.8 Å². The maximum atomic E-state index is 13.0. The zero-order valence-electron chi connectivity index (χ0n) is 11.7. The highest BCUT2D eigenvalue weighted by atomic mass is 32.1. The quantitative estimate of drug-likeness (QED) is 0.596. The predicted molar refractivity (Wildman–Crippen MR) is 87.3 cm³/mol. The molecule has 0 radical (unpaired) electrons. The minimum atomic E-state index is -0.247. The summed E-state index contributed by atoms with van der Waals surface area (Å²) in [5.74, 6) is -0.247. The van der Waals surface area contributed by atoms with Crippen LogP contribution in [0, 0.1) is 17.1 Å². The molecule has 0 fully saturated rings. The summed E-state index contributed by atoms with van der Waals surface area (Å²) in [6, 6.07) is 16.5. The van der Waals surface area contributed by atoms with Crippen LogP contribution in [0.3, 0.4) is 0 Å². The number of rotatable bonds is 2. The Bertz CT molecular complexity index is 1040. The van der Waals surface area contributed by atoms with Crippen molar-refractivity contribution < 1.29 is 4.39 Å². The van der Waals surface area contributed by atoms with Crippen molar-refractivity contribution in [2.75, 3.05) is 0 Å². The summed E-state index contributed by atoms with van der Waals surface area (Å²) in [4.78, 5) is 0.890. The van der Waals surface area contributed by atoms with Gasteiger partial charge in [0.1, 0.15) is 17.6 Å². The fraction of sp³-hybridized carbons (Fsp3) is 0. The fourth-order valence-corrected chi connectivity index (χ4v) is 3.54. The van der Waals surface area contributed by atoms with Gasteiger partial charge in [0.25, 0.3) is 0 Å². The summed E-state index contributed by atoms with van der Waals surface area (Å²) >= 11 is 1.55. The van der Waals surface area contributed by atoms with Crippen LogP contribution in [-0.2, 0) is 0 Å². The third-order valence-electron chi connectivity index (χ3n) is 3.59.